The first-order valence-corrected chi connectivity index (χ1v) is 10.5. The number of thiocarbonyl (C=S) groups is 1. The van der Waals surface area contributed by atoms with Gasteiger partial charge >= 0.3 is 0 Å². The van der Waals surface area contributed by atoms with Crippen LogP contribution in [0.2, 0.25) is 0 Å². The van der Waals surface area contributed by atoms with Crippen molar-refractivity contribution in [2.45, 2.75) is 13.8 Å². The maximum absolute atomic E-state index is 13.2. The number of amides is 2. The van der Waals surface area contributed by atoms with E-state index in [1.807, 2.05) is 62.4 Å². The van der Waals surface area contributed by atoms with E-state index in [9.17, 15) is 9.59 Å². The molecule has 0 aliphatic carbocycles. The van der Waals surface area contributed by atoms with Crippen molar-refractivity contribution in [2.24, 2.45) is 0 Å². The minimum Gasteiger partial charge on any atom is -0.318 e. The topological polar surface area (TPSA) is 54.3 Å². The lowest BCUT2D eigenvalue weighted by atomic mass is 10.1. The summed E-state index contributed by atoms with van der Waals surface area (Å²) in [6.07, 6.45) is 1.63. The van der Waals surface area contributed by atoms with Gasteiger partial charge in [0, 0.05) is 21.5 Å². The minimum absolute atomic E-state index is 0.0388. The van der Waals surface area contributed by atoms with Crippen LogP contribution in [0, 0.1) is 13.8 Å². The van der Waals surface area contributed by atoms with Gasteiger partial charge in [-0.25, -0.2) is 0 Å². The average Bonchev–Trinajstić information content (AvgIpc) is 2.99. The van der Waals surface area contributed by atoms with Crippen LogP contribution in [0.15, 0.2) is 70.7 Å². The molecule has 2 heterocycles. The molecule has 1 saturated heterocycles. The Labute approximate surface area is 188 Å². The molecular formula is C23H18BrN3O2S. The maximum Gasteiger partial charge on any atom is 0.270 e. The van der Waals surface area contributed by atoms with E-state index in [0.717, 1.165) is 27.1 Å². The first kappa shape index (κ1) is 20.3. The van der Waals surface area contributed by atoms with E-state index in [-0.39, 0.29) is 10.7 Å². The van der Waals surface area contributed by atoms with Gasteiger partial charge in [-0.05, 0) is 74.1 Å². The number of para-hydroxylation sites is 1. The van der Waals surface area contributed by atoms with Crippen molar-refractivity contribution < 1.29 is 9.59 Å². The number of nitrogens with one attached hydrogen (secondary N) is 1. The predicted octanol–water partition coefficient (Wildman–Crippen LogP) is 4.69. The third-order valence-electron chi connectivity index (χ3n) is 4.95. The lowest BCUT2D eigenvalue weighted by Gasteiger charge is -2.29. The Morgan fingerprint density at radius 1 is 0.967 bits per heavy atom. The van der Waals surface area contributed by atoms with Gasteiger partial charge in [0.25, 0.3) is 11.8 Å². The summed E-state index contributed by atoms with van der Waals surface area (Å²) in [4.78, 5) is 27.2. The molecular weight excluding hydrogens is 462 g/mol. The van der Waals surface area contributed by atoms with Crippen LogP contribution in [0.3, 0.4) is 0 Å². The molecule has 2 amide bonds. The number of aryl methyl sites for hydroxylation is 1. The van der Waals surface area contributed by atoms with Crippen LogP contribution in [0.25, 0.3) is 11.8 Å². The minimum atomic E-state index is -0.499. The fraction of sp³-hybridized carbons (Fsp3) is 0.0870. The van der Waals surface area contributed by atoms with E-state index in [1.54, 1.807) is 18.2 Å². The molecule has 1 N–H and O–H groups in total. The lowest BCUT2D eigenvalue weighted by molar-refractivity contribution is -0.122. The van der Waals surface area contributed by atoms with Crippen LogP contribution in [-0.4, -0.2) is 21.5 Å². The van der Waals surface area contributed by atoms with Gasteiger partial charge < -0.3 is 4.57 Å². The summed E-state index contributed by atoms with van der Waals surface area (Å²) in [6.45, 7) is 3.96. The first-order valence-electron chi connectivity index (χ1n) is 9.28. The fourth-order valence-corrected chi connectivity index (χ4v) is 4.24. The second-order valence-electron chi connectivity index (χ2n) is 6.94. The molecule has 5 nitrogen and oxygen atoms in total. The summed E-state index contributed by atoms with van der Waals surface area (Å²) >= 11 is 8.67. The largest absolute Gasteiger partial charge is 0.318 e. The molecule has 3 aromatic rings. The van der Waals surface area contributed by atoms with Gasteiger partial charge in [-0.3, -0.25) is 19.8 Å². The number of carbonyl (C=O) groups excluding carboxylic acids is 2. The summed E-state index contributed by atoms with van der Waals surface area (Å²) in [7, 11) is 0. The monoisotopic (exact) mass is 479 g/mol. The zero-order valence-electron chi connectivity index (χ0n) is 16.3. The Hall–Kier alpha value is -3.03. The Kier molecular flexibility index (Phi) is 5.40. The first-order chi connectivity index (χ1) is 14.4. The molecule has 0 saturated carbocycles. The fourth-order valence-electron chi connectivity index (χ4n) is 3.57. The number of aromatic nitrogens is 1. The molecule has 1 aliphatic rings. The number of hydrogen-bond acceptors (Lipinski definition) is 3. The molecule has 0 radical (unpaired) electrons. The van der Waals surface area contributed by atoms with Crippen molar-refractivity contribution in [1.29, 1.82) is 0 Å². The summed E-state index contributed by atoms with van der Waals surface area (Å²) in [5, 5.41) is 2.69. The Morgan fingerprint density at radius 2 is 1.67 bits per heavy atom. The number of halogens is 1. The van der Waals surface area contributed by atoms with E-state index < -0.39 is 11.8 Å². The Bertz CT molecular complexity index is 1210. The molecule has 150 valence electrons. The van der Waals surface area contributed by atoms with Crippen molar-refractivity contribution in [3.8, 4) is 5.69 Å². The highest BCUT2D eigenvalue weighted by Crippen LogP contribution is 2.27. The highest BCUT2D eigenvalue weighted by Gasteiger charge is 2.34. The zero-order valence-corrected chi connectivity index (χ0v) is 18.8. The molecule has 1 fully saturated rings. The molecule has 0 bridgehead atoms. The maximum atomic E-state index is 13.2. The smallest absolute Gasteiger partial charge is 0.270 e. The molecule has 4 rings (SSSR count). The SMILES string of the molecule is Cc1cc(C=C2C(=O)NC(=S)N(c3cccc(Br)c3)C2=O)c(C)n1-c1ccccc1. The van der Waals surface area contributed by atoms with Gasteiger partial charge in [-0.15, -0.1) is 0 Å². The van der Waals surface area contributed by atoms with Crippen LogP contribution >= 0.6 is 28.1 Å². The van der Waals surface area contributed by atoms with Crippen LogP contribution in [0.4, 0.5) is 5.69 Å². The lowest BCUT2D eigenvalue weighted by Crippen LogP contribution is -2.54. The normalized spacial score (nSPS) is 15.6. The Morgan fingerprint density at radius 3 is 2.37 bits per heavy atom. The van der Waals surface area contributed by atoms with Crippen LogP contribution in [-0.2, 0) is 9.59 Å². The van der Waals surface area contributed by atoms with Gasteiger partial charge in [0.1, 0.15) is 5.57 Å². The summed E-state index contributed by atoms with van der Waals surface area (Å²) in [5.74, 6) is -0.952. The predicted molar refractivity (Wildman–Crippen MR) is 126 cm³/mol. The Balaban J connectivity index is 1.77. The van der Waals surface area contributed by atoms with Gasteiger partial charge in [-0.2, -0.15) is 0 Å². The standard InChI is InChI=1S/C23H18BrN3O2S/c1-14-11-16(15(2)26(14)18-8-4-3-5-9-18)12-20-21(28)25-23(30)27(22(20)29)19-10-6-7-17(24)13-19/h3-13H,1-2H3,(H,25,28,30). The average molecular weight is 480 g/mol. The molecule has 1 aromatic heterocycles. The number of hydrogen-bond donors (Lipinski definition) is 1. The second kappa shape index (κ2) is 8.01. The van der Waals surface area contributed by atoms with E-state index in [1.165, 1.54) is 4.90 Å². The molecule has 0 unspecified atom stereocenters. The highest BCUT2D eigenvalue weighted by atomic mass is 79.9. The van der Waals surface area contributed by atoms with Crippen LogP contribution in [0.5, 0.6) is 0 Å². The number of benzene rings is 2. The number of nitrogens with zero attached hydrogens (tertiary/aromatic N) is 2. The summed E-state index contributed by atoms with van der Waals surface area (Å²) < 4.78 is 2.90. The molecule has 0 atom stereocenters. The number of carbonyl (C=O) groups is 2. The summed E-state index contributed by atoms with van der Waals surface area (Å²) in [5.41, 5.74) is 4.39. The van der Waals surface area contributed by atoms with E-state index in [0.29, 0.717) is 5.69 Å². The second-order valence-corrected chi connectivity index (χ2v) is 8.24. The molecule has 0 spiro atoms. The van der Waals surface area contributed by atoms with Gasteiger partial charge in [0.2, 0.25) is 0 Å². The number of rotatable bonds is 3. The van der Waals surface area contributed by atoms with E-state index in [4.69, 9.17) is 12.2 Å². The van der Waals surface area contributed by atoms with Crippen molar-refractivity contribution in [3.05, 3.63) is 87.7 Å². The van der Waals surface area contributed by atoms with Gasteiger partial charge in [0.05, 0.1) is 5.69 Å². The van der Waals surface area contributed by atoms with Crippen molar-refractivity contribution in [1.82, 2.24) is 9.88 Å². The van der Waals surface area contributed by atoms with Gasteiger partial charge in [0.15, 0.2) is 5.11 Å². The van der Waals surface area contributed by atoms with Crippen molar-refractivity contribution >= 4 is 56.8 Å². The molecule has 2 aromatic carbocycles. The van der Waals surface area contributed by atoms with Crippen molar-refractivity contribution in [3.63, 3.8) is 0 Å². The molecule has 1 aliphatic heterocycles. The quantitative estimate of drug-likeness (QED) is 0.336. The van der Waals surface area contributed by atoms with Crippen molar-refractivity contribution in [2.75, 3.05) is 4.90 Å². The highest BCUT2D eigenvalue weighted by molar-refractivity contribution is 9.10. The number of anilines is 1. The van der Waals surface area contributed by atoms with E-state index in [2.05, 4.69) is 25.8 Å². The van der Waals surface area contributed by atoms with Gasteiger partial charge in [-0.1, -0.05) is 40.2 Å². The molecule has 7 heteroatoms. The molecule has 30 heavy (non-hydrogen) atoms. The third-order valence-corrected chi connectivity index (χ3v) is 5.73. The van der Waals surface area contributed by atoms with E-state index >= 15 is 0 Å². The van der Waals surface area contributed by atoms with Crippen LogP contribution in [0.1, 0.15) is 17.0 Å². The summed E-state index contributed by atoms with van der Waals surface area (Å²) in [6, 6.07) is 19.1. The van der Waals surface area contributed by atoms with Crippen LogP contribution < -0.4 is 10.2 Å². The third kappa shape index (κ3) is 3.62. The zero-order chi connectivity index (χ0) is 21.4.